The first-order valence-electron chi connectivity index (χ1n) is 8.19. The van der Waals surface area contributed by atoms with Gasteiger partial charge >= 0.3 is 0 Å². The summed E-state index contributed by atoms with van der Waals surface area (Å²) in [5, 5.41) is 2.51. The van der Waals surface area contributed by atoms with Gasteiger partial charge in [-0.15, -0.1) is 0 Å². The molecule has 1 aliphatic heterocycles. The number of nitrogens with zero attached hydrogens (tertiary/aromatic N) is 1. The summed E-state index contributed by atoms with van der Waals surface area (Å²) in [7, 11) is -0.898. The molecular weight excluding hydrogens is 308 g/mol. The minimum absolute atomic E-state index is 0.134. The monoisotopic (exact) mass is 332 g/mol. The Morgan fingerprint density at radius 1 is 1.39 bits per heavy atom. The van der Waals surface area contributed by atoms with Crippen LogP contribution in [-0.4, -0.2) is 43.7 Å². The van der Waals surface area contributed by atoms with Gasteiger partial charge in [-0.1, -0.05) is 13.0 Å². The molecule has 1 atom stereocenters. The number of hydrogen-bond donors (Lipinski definition) is 1. The number of H-pyrrole nitrogens is 1. The molecule has 4 nitrogen and oxygen atoms in total. The Morgan fingerprint density at radius 3 is 2.91 bits per heavy atom. The van der Waals surface area contributed by atoms with Gasteiger partial charge in [-0.05, 0) is 62.2 Å². The van der Waals surface area contributed by atoms with Crippen molar-refractivity contribution in [3.05, 3.63) is 40.9 Å². The van der Waals surface area contributed by atoms with Crippen LogP contribution in [0, 0.1) is 0 Å². The molecule has 3 rings (SSSR count). The summed E-state index contributed by atoms with van der Waals surface area (Å²) in [6.07, 6.45) is 7.34. The minimum atomic E-state index is -3.09. The summed E-state index contributed by atoms with van der Waals surface area (Å²) in [5.41, 5.74) is 3.35. The van der Waals surface area contributed by atoms with E-state index in [4.69, 9.17) is 0 Å². The Balaban J connectivity index is 1.88. The molecule has 1 fully saturated rings. The number of likely N-dealkylation sites (tertiary alicyclic amines) is 1. The molecular formula is C18H24N2O2S. The standard InChI is InChI=1S/C18H24N2O2S/c1-3-23(21,22)10-8-14-6-7-18-17(11-14)15(13-19-18)12-16-5-4-9-20(16)2/h6-8,10-11,13,16,19H,3-5,9,12H2,1-2H3. The molecule has 1 N–H and O–H groups in total. The molecule has 0 bridgehead atoms. The van der Waals surface area contributed by atoms with Gasteiger partial charge in [-0.3, -0.25) is 0 Å². The summed E-state index contributed by atoms with van der Waals surface area (Å²) in [5.74, 6) is 0.134. The van der Waals surface area contributed by atoms with Crippen LogP contribution >= 0.6 is 0 Å². The highest BCUT2D eigenvalue weighted by Gasteiger charge is 2.22. The van der Waals surface area contributed by atoms with Gasteiger partial charge in [-0.25, -0.2) is 8.42 Å². The predicted octanol–water partition coefficient (Wildman–Crippen LogP) is 3.21. The first kappa shape index (κ1) is 16.3. The predicted molar refractivity (Wildman–Crippen MR) is 96.1 cm³/mol. The summed E-state index contributed by atoms with van der Waals surface area (Å²) < 4.78 is 23.2. The highest BCUT2D eigenvalue weighted by atomic mass is 32.2. The maximum absolute atomic E-state index is 11.6. The Bertz CT molecular complexity index is 821. The van der Waals surface area contributed by atoms with E-state index in [0.29, 0.717) is 6.04 Å². The molecule has 0 spiro atoms. The number of benzene rings is 1. The minimum Gasteiger partial charge on any atom is -0.361 e. The molecule has 23 heavy (non-hydrogen) atoms. The van der Waals surface area contributed by atoms with Gasteiger partial charge in [0.1, 0.15) is 0 Å². The van der Waals surface area contributed by atoms with E-state index in [0.717, 1.165) is 17.5 Å². The van der Waals surface area contributed by atoms with Crippen molar-refractivity contribution < 1.29 is 8.42 Å². The number of sulfone groups is 1. The van der Waals surface area contributed by atoms with E-state index in [-0.39, 0.29) is 5.75 Å². The molecule has 0 radical (unpaired) electrons. The molecule has 0 aliphatic carbocycles. The van der Waals surface area contributed by atoms with Crippen LogP contribution in [0.15, 0.2) is 29.8 Å². The van der Waals surface area contributed by atoms with Gasteiger partial charge in [-0.2, -0.15) is 0 Å². The van der Waals surface area contributed by atoms with Crippen LogP contribution in [-0.2, 0) is 16.3 Å². The molecule has 1 aromatic heterocycles. The van der Waals surface area contributed by atoms with Gasteiger partial charge in [0.2, 0.25) is 0 Å². The fourth-order valence-corrected chi connectivity index (χ4v) is 3.79. The van der Waals surface area contributed by atoms with Crippen molar-refractivity contribution in [2.45, 2.75) is 32.2 Å². The summed E-state index contributed by atoms with van der Waals surface area (Å²) in [4.78, 5) is 5.75. The van der Waals surface area contributed by atoms with Crippen molar-refractivity contribution in [3.63, 3.8) is 0 Å². The Labute approximate surface area is 138 Å². The smallest absolute Gasteiger partial charge is 0.171 e. The molecule has 1 saturated heterocycles. The molecule has 0 amide bonds. The van der Waals surface area contributed by atoms with E-state index in [1.807, 2.05) is 12.1 Å². The van der Waals surface area contributed by atoms with Crippen LogP contribution < -0.4 is 0 Å². The lowest BCUT2D eigenvalue weighted by Crippen LogP contribution is -2.26. The van der Waals surface area contributed by atoms with Crippen LogP contribution in [0.25, 0.3) is 17.0 Å². The largest absolute Gasteiger partial charge is 0.361 e. The highest BCUT2D eigenvalue weighted by molar-refractivity contribution is 7.94. The maximum atomic E-state index is 11.6. The molecule has 1 aromatic carbocycles. The van der Waals surface area contributed by atoms with Crippen molar-refractivity contribution in [3.8, 4) is 0 Å². The average molecular weight is 332 g/mol. The topological polar surface area (TPSA) is 53.2 Å². The lowest BCUT2D eigenvalue weighted by Gasteiger charge is -2.18. The quantitative estimate of drug-likeness (QED) is 0.915. The van der Waals surface area contributed by atoms with Crippen molar-refractivity contribution in [1.29, 1.82) is 0 Å². The van der Waals surface area contributed by atoms with Crippen molar-refractivity contribution in [2.24, 2.45) is 0 Å². The number of likely N-dealkylation sites (N-methyl/N-ethyl adjacent to an activating group) is 1. The second-order valence-electron chi connectivity index (χ2n) is 6.35. The zero-order valence-corrected chi connectivity index (χ0v) is 14.6. The third kappa shape index (κ3) is 3.67. The fourth-order valence-electron chi connectivity index (χ4n) is 3.24. The zero-order valence-electron chi connectivity index (χ0n) is 13.7. The normalized spacial score (nSPS) is 20.0. The second kappa shape index (κ2) is 6.49. The number of aromatic nitrogens is 1. The fraction of sp³-hybridized carbons (Fsp3) is 0.444. The van der Waals surface area contributed by atoms with E-state index in [1.54, 1.807) is 13.0 Å². The van der Waals surface area contributed by atoms with E-state index >= 15 is 0 Å². The van der Waals surface area contributed by atoms with Crippen molar-refractivity contribution in [2.75, 3.05) is 19.3 Å². The van der Waals surface area contributed by atoms with Crippen LogP contribution in [0.4, 0.5) is 0 Å². The number of rotatable bonds is 5. The molecule has 1 unspecified atom stereocenters. The molecule has 2 heterocycles. The average Bonchev–Trinajstić information content (AvgIpc) is 3.13. The Kier molecular flexibility index (Phi) is 4.60. The lowest BCUT2D eigenvalue weighted by atomic mass is 10.0. The molecule has 0 saturated carbocycles. The number of fused-ring (bicyclic) bond motifs is 1. The maximum Gasteiger partial charge on any atom is 0.171 e. The van der Waals surface area contributed by atoms with Crippen LogP contribution in [0.5, 0.6) is 0 Å². The number of nitrogens with one attached hydrogen (secondary N) is 1. The van der Waals surface area contributed by atoms with Crippen molar-refractivity contribution >= 4 is 26.8 Å². The van der Waals surface area contributed by atoms with Gasteiger partial charge in [0.15, 0.2) is 9.84 Å². The Hall–Kier alpha value is -1.59. The van der Waals surface area contributed by atoms with Crippen LogP contribution in [0.2, 0.25) is 0 Å². The molecule has 5 heteroatoms. The third-order valence-electron chi connectivity index (χ3n) is 4.79. The molecule has 124 valence electrons. The SMILES string of the molecule is CCS(=O)(=O)C=Cc1ccc2[nH]cc(CC3CCCN3C)c2c1. The highest BCUT2D eigenvalue weighted by Crippen LogP contribution is 2.26. The van der Waals surface area contributed by atoms with Crippen molar-refractivity contribution in [1.82, 2.24) is 9.88 Å². The van der Waals surface area contributed by atoms with E-state index in [2.05, 4.69) is 29.2 Å². The first-order valence-corrected chi connectivity index (χ1v) is 9.91. The summed E-state index contributed by atoms with van der Waals surface area (Å²) in [6, 6.07) is 6.66. The van der Waals surface area contributed by atoms with E-state index in [9.17, 15) is 8.42 Å². The molecule has 2 aromatic rings. The lowest BCUT2D eigenvalue weighted by molar-refractivity contribution is 0.310. The van der Waals surface area contributed by atoms with E-state index in [1.165, 1.54) is 35.7 Å². The van der Waals surface area contributed by atoms with Crippen LogP contribution in [0.1, 0.15) is 30.9 Å². The van der Waals surface area contributed by atoms with Gasteiger partial charge < -0.3 is 9.88 Å². The number of hydrogen-bond acceptors (Lipinski definition) is 3. The molecule has 1 aliphatic rings. The zero-order chi connectivity index (χ0) is 16.4. The number of aromatic amines is 1. The van der Waals surface area contributed by atoms with Gasteiger partial charge in [0.05, 0.1) is 5.75 Å². The Morgan fingerprint density at radius 2 is 2.22 bits per heavy atom. The first-order chi connectivity index (χ1) is 11.0. The third-order valence-corrected chi connectivity index (χ3v) is 6.14. The van der Waals surface area contributed by atoms with Crippen LogP contribution in [0.3, 0.4) is 0 Å². The summed E-state index contributed by atoms with van der Waals surface area (Å²) in [6.45, 7) is 2.83. The van der Waals surface area contributed by atoms with Gasteiger partial charge in [0, 0.05) is 28.5 Å². The second-order valence-corrected chi connectivity index (χ2v) is 8.53. The summed E-state index contributed by atoms with van der Waals surface area (Å²) >= 11 is 0. The van der Waals surface area contributed by atoms with Gasteiger partial charge in [0.25, 0.3) is 0 Å². The van der Waals surface area contributed by atoms with E-state index < -0.39 is 9.84 Å².